The third-order valence-electron chi connectivity index (χ3n) is 5.88. The van der Waals surface area contributed by atoms with Crippen LogP contribution in [0.2, 0.25) is 0 Å². The lowest BCUT2D eigenvalue weighted by molar-refractivity contribution is 0.0662. The summed E-state index contributed by atoms with van der Waals surface area (Å²) in [6.45, 7) is 0.802. The minimum absolute atomic E-state index is 0.0537. The first-order chi connectivity index (χ1) is 14.6. The molecule has 6 rings (SSSR count). The second-order valence-electron chi connectivity index (χ2n) is 7.63. The number of pyridine rings is 1. The number of ether oxygens (including phenoxy) is 1. The van der Waals surface area contributed by atoms with E-state index >= 15 is 0 Å². The molecular weight excluding hydrogens is 453 g/mol. The van der Waals surface area contributed by atoms with Crippen LogP contribution in [0.4, 0.5) is 10.1 Å². The summed E-state index contributed by atoms with van der Waals surface area (Å²) in [5, 5.41) is 8.04. The van der Waals surface area contributed by atoms with E-state index in [0.29, 0.717) is 23.8 Å². The Morgan fingerprint density at radius 1 is 1.17 bits per heavy atom. The maximum atomic E-state index is 14.6. The van der Waals surface area contributed by atoms with Crippen molar-refractivity contribution >= 4 is 27.9 Å². The lowest BCUT2D eigenvalue weighted by Crippen LogP contribution is -2.58. The maximum absolute atomic E-state index is 14.6. The lowest BCUT2D eigenvalue weighted by atomic mass is 9.77. The van der Waals surface area contributed by atoms with Crippen LogP contribution in [0.25, 0.3) is 5.69 Å². The van der Waals surface area contributed by atoms with Crippen molar-refractivity contribution in [2.45, 2.75) is 31.4 Å². The van der Waals surface area contributed by atoms with Crippen molar-refractivity contribution in [1.29, 1.82) is 0 Å². The Kier molecular flexibility index (Phi) is 4.98. The predicted octanol–water partition coefficient (Wildman–Crippen LogP) is 3.81. The van der Waals surface area contributed by atoms with Gasteiger partial charge in [-0.15, -0.1) is 4.80 Å². The van der Waals surface area contributed by atoms with E-state index in [0.717, 1.165) is 35.1 Å². The summed E-state index contributed by atoms with van der Waals surface area (Å²) in [4.78, 5) is 19.7. The number of halogens is 2. The zero-order valence-corrected chi connectivity index (χ0v) is 17.6. The number of carbonyl (C=O) groups excluding carboxylic acids is 1. The van der Waals surface area contributed by atoms with Gasteiger partial charge in [0, 0.05) is 23.3 Å². The number of aromatic nitrogens is 4. The van der Waals surface area contributed by atoms with Crippen LogP contribution in [0.15, 0.2) is 47.3 Å². The van der Waals surface area contributed by atoms with Gasteiger partial charge >= 0.3 is 0 Å². The number of fused-ring (bicyclic) bond motifs is 3. The molecule has 3 fully saturated rings. The van der Waals surface area contributed by atoms with Gasteiger partial charge in [0.2, 0.25) is 5.88 Å². The van der Waals surface area contributed by atoms with Gasteiger partial charge < -0.3 is 9.64 Å². The molecule has 1 saturated carbocycles. The molecular formula is C21H19BrFN5O2. The molecule has 3 atom stereocenters. The molecule has 2 aliphatic heterocycles. The summed E-state index contributed by atoms with van der Waals surface area (Å²) < 4.78 is 21.7. The molecule has 4 heterocycles. The van der Waals surface area contributed by atoms with Crippen LogP contribution >= 0.6 is 15.9 Å². The zero-order chi connectivity index (χ0) is 20.7. The van der Waals surface area contributed by atoms with Crippen LogP contribution in [-0.4, -0.2) is 45.0 Å². The van der Waals surface area contributed by atoms with E-state index in [9.17, 15) is 9.18 Å². The Labute approximate surface area is 181 Å². The molecule has 3 aliphatic rings. The van der Waals surface area contributed by atoms with E-state index in [1.807, 2.05) is 12.1 Å². The second kappa shape index (κ2) is 7.79. The van der Waals surface area contributed by atoms with Gasteiger partial charge in [0.25, 0.3) is 0 Å². The van der Waals surface area contributed by atoms with Gasteiger partial charge in [0.15, 0.2) is 12.1 Å². The summed E-state index contributed by atoms with van der Waals surface area (Å²) in [6, 6.07) is 6.85. The number of rotatable bonds is 5. The number of carbonyl (C=O) groups is 1. The summed E-state index contributed by atoms with van der Waals surface area (Å²) in [6.07, 6.45) is 8.24. The number of hydrogen-bond donors (Lipinski definition) is 0. The Morgan fingerprint density at radius 3 is 2.70 bits per heavy atom. The van der Waals surface area contributed by atoms with Gasteiger partial charge in [-0.1, -0.05) is 0 Å². The molecule has 0 radical (unpaired) electrons. The van der Waals surface area contributed by atoms with Crippen molar-refractivity contribution in [3.8, 4) is 11.6 Å². The SMILES string of the molecule is O=Cc1c(N2C[C@@H]3CC[C@H]2[C@H](Oc2ccc(Br)cn2)C3)ccc(F)c1-n1nccn1. The van der Waals surface area contributed by atoms with Crippen molar-refractivity contribution in [1.82, 2.24) is 20.0 Å². The lowest BCUT2D eigenvalue weighted by Gasteiger charge is -2.50. The van der Waals surface area contributed by atoms with Crippen molar-refractivity contribution in [3.05, 3.63) is 58.7 Å². The first-order valence-electron chi connectivity index (χ1n) is 9.83. The molecule has 1 aromatic carbocycles. The Bertz CT molecular complexity index is 1060. The average Bonchev–Trinajstić information content (AvgIpc) is 3.29. The van der Waals surface area contributed by atoms with E-state index in [2.05, 4.69) is 36.0 Å². The molecule has 30 heavy (non-hydrogen) atoms. The fourth-order valence-corrected chi connectivity index (χ4v) is 4.83. The first kappa shape index (κ1) is 19.2. The number of nitrogens with zero attached hydrogens (tertiary/aromatic N) is 5. The standard InChI is InChI=1S/C21H19BrFN5O2/c22-14-2-6-20(24-10-14)30-19-9-13-1-4-18(19)27(11-13)17-5-3-16(23)21(15(17)12-29)28-25-7-8-26-28/h2-3,5-8,10,12-13,18-19H,1,4,9,11H2/t13-,18+,19-/m1/s1. The molecule has 0 spiro atoms. The predicted molar refractivity (Wildman–Crippen MR) is 112 cm³/mol. The molecule has 2 aromatic heterocycles. The molecule has 0 amide bonds. The zero-order valence-electron chi connectivity index (χ0n) is 16.0. The summed E-state index contributed by atoms with van der Waals surface area (Å²) in [5.41, 5.74) is 1.01. The van der Waals surface area contributed by atoms with Gasteiger partial charge in [-0.3, -0.25) is 4.79 Å². The monoisotopic (exact) mass is 471 g/mol. The molecule has 1 aliphatic carbocycles. The normalized spacial score (nSPS) is 22.9. The van der Waals surface area contributed by atoms with Crippen LogP contribution in [0.5, 0.6) is 5.88 Å². The van der Waals surface area contributed by atoms with Gasteiger partial charge in [-0.2, -0.15) is 10.2 Å². The third-order valence-corrected chi connectivity index (χ3v) is 6.35. The average molecular weight is 472 g/mol. The molecule has 7 nitrogen and oxygen atoms in total. The molecule has 2 bridgehead atoms. The largest absolute Gasteiger partial charge is 0.472 e. The minimum atomic E-state index is -0.536. The van der Waals surface area contributed by atoms with Gasteiger partial charge in [-0.25, -0.2) is 9.37 Å². The van der Waals surface area contributed by atoms with Crippen LogP contribution in [0, 0.1) is 11.7 Å². The minimum Gasteiger partial charge on any atom is -0.472 e. The maximum Gasteiger partial charge on any atom is 0.213 e. The third kappa shape index (κ3) is 3.36. The van der Waals surface area contributed by atoms with E-state index < -0.39 is 5.82 Å². The quantitative estimate of drug-likeness (QED) is 0.526. The molecule has 0 unspecified atom stereocenters. The second-order valence-corrected chi connectivity index (χ2v) is 8.55. The smallest absolute Gasteiger partial charge is 0.213 e. The van der Waals surface area contributed by atoms with E-state index in [4.69, 9.17) is 4.74 Å². The summed E-state index contributed by atoms with van der Waals surface area (Å²) >= 11 is 3.39. The summed E-state index contributed by atoms with van der Waals surface area (Å²) in [7, 11) is 0. The van der Waals surface area contributed by atoms with Crippen molar-refractivity contribution in [2.24, 2.45) is 5.92 Å². The van der Waals surface area contributed by atoms with Crippen LogP contribution in [0.1, 0.15) is 29.6 Å². The Balaban J connectivity index is 1.50. The number of piperidine rings is 2. The van der Waals surface area contributed by atoms with Gasteiger partial charge in [0.05, 0.1) is 29.7 Å². The van der Waals surface area contributed by atoms with E-state index in [1.165, 1.54) is 18.5 Å². The molecule has 0 N–H and O–H groups in total. The fraction of sp³-hybridized carbons (Fsp3) is 0.333. The Morgan fingerprint density at radius 2 is 2.00 bits per heavy atom. The number of benzene rings is 1. The van der Waals surface area contributed by atoms with E-state index in [-0.39, 0.29) is 23.4 Å². The summed E-state index contributed by atoms with van der Waals surface area (Å²) in [5.74, 6) is 0.476. The van der Waals surface area contributed by atoms with Crippen molar-refractivity contribution < 1.29 is 13.9 Å². The topological polar surface area (TPSA) is 73.1 Å². The molecule has 3 aromatic rings. The fourth-order valence-electron chi connectivity index (χ4n) is 4.59. The highest BCUT2D eigenvalue weighted by molar-refractivity contribution is 9.10. The molecule has 154 valence electrons. The first-order valence-corrected chi connectivity index (χ1v) is 10.6. The van der Waals surface area contributed by atoms with Gasteiger partial charge in [0.1, 0.15) is 11.8 Å². The number of hydrogen-bond acceptors (Lipinski definition) is 6. The highest BCUT2D eigenvalue weighted by Crippen LogP contribution is 2.41. The molecule has 2 saturated heterocycles. The highest BCUT2D eigenvalue weighted by Gasteiger charge is 2.43. The number of aldehydes is 1. The highest BCUT2D eigenvalue weighted by atomic mass is 79.9. The van der Waals surface area contributed by atoms with Crippen molar-refractivity contribution in [2.75, 3.05) is 11.4 Å². The van der Waals surface area contributed by atoms with E-state index in [1.54, 1.807) is 12.3 Å². The Hall–Kier alpha value is -2.81. The van der Waals surface area contributed by atoms with Crippen molar-refractivity contribution in [3.63, 3.8) is 0 Å². The van der Waals surface area contributed by atoms with Crippen LogP contribution < -0.4 is 9.64 Å². The molecule has 9 heteroatoms. The van der Waals surface area contributed by atoms with Crippen LogP contribution in [0.3, 0.4) is 0 Å². The number of anilines is 1. The van der Waals surface area contributed by atoms with Gasteiger partial charge in [-0.05, 0) is 59.3 Å². The van der Waals surface area contributed by atoms with Crippen LogP contribution in [-0.2, 0) is 0 Å².